The Balaban J connectivity index is 1.86. The fraction of sp³-hybridized carbons (Fsp3) is 0.0556. The van der Waals surface area contributed by atoms with Gasteiger partial charge in [0.2, 0.25) is 0 Å². The number of nitrogens with one attached hydrogen (secondary N) is 1. The predicted octanol–water partition coefficient (Wildman–Crippen LogP) is 5.96. The van der Waals surface area contributed by atoms with Crippen LogP contribution < -0.4 is 5.43 Å². The van der Waals surface area contributed by atoms with Gasteiger partial charge in [0.1, 0.15) is 0 Å². The third-order valence-corrected chi connectivity index (χ3v) is 3.84. The fourth-order valence-electron chi connectivity index (χ4n) is 2.32. The number of nitrogens with zero attached hydrogens (tertiary/aromatic N) is 1. The van der Waals surface area contributed by atoms with Gasteiger partial charge < -0.3 is 0 Å². The van der Waals surface area contributed by atoms with Crippen molar-refractivity contribution >= 4 is 34.3 Å². The van der Waals surface area contributed by atoms with E-state index in [1.54, 1.807) is 6.21 Å². The highest BCUT2D eigenvalue weighted by molar-refractivity contribution is 6.33. The Morgan fingerprint density at radius 2 is 1.71 bits per heavy atom. The number of rotatable bonds is 3. The van der Waals surface area contributed by atoms with Crippen molar-refractivity contribution in [3.8, 4) is 0 Å². The van der Waals surface area contributed by atoms with Crippen molar-refractivity contribution in [1.82, 2.24) is 0 Å². The molecule has 3 aromatic rings. The molecule has 0 bridgehead atoms. The van der Waals surface area contributed by atoms with Gasteiger partial charge in [0.05, 0.1) is 22.5 Å². The molecule has 0 amide bonds. The highest BCUT2D eigenvalue weighted by atomic mass is 35.5. The van der Waals surface area contributed by atoms with E-state index in [2.05, 4.69) is 10.5 Å². The number of hydrogen-bond acceptors (Lipinski definition) is 2. The zero-order valence-electron chi connectivity index (χ0n) is 12.3. The molecule has 2 nitrogen and oxygen atoms in total. The zero-order chi connectivity index (χ0) is 17.2. The van der Waals surface area contributed by atoms with Gasteiger partial charge in [0, 0.05) is 5.56 Å². The Labute approximate surface area is 141 Å². The maximum atomic E-state index is 12.8. The normalized spacial score (nSPS) is 12.0. The number of fused-ring (bicyclic) bond motifs is 1. The van der Waals surface area contributed by atoms with Gasteiger partial charge >= 0.3 is 6.18 Å². The molecule has 0 aliphatic rings. The first kappa shape index (κ1) is 16.3. The van der Waals surface area contributed by atoms with E-state index in [0.29, 0.717) is 0 Å². The molecule has 0 radical (unpaired) electrons. The first-order chi connectivity index (χ1) is 11.4. The molecule has 0 aliphatic heterocycles. The van der Waals surface area contributed by atoms with E-state index in [1.807, 2.05) is 42.5 Å². The molecule has 0 spiro atoms. The third-order valence-electron chi connectivity index (χ3n) is 3.51. The minimum absolute atomic E-state index is 0.1000. The predicted molar refractivity (Wildman–Crippen MR) is 91.6 cm³/mol. The van der Waals surface area contributed by atoms with Gasteiger partial charge in [-0.05, 0) is 29.0 Å². The number of anilines is 1. The molecule has 24 heavy (non-hydrogen) atoms. The van der Waals surface area contributed by atoms with Crippen LogP contribution in [-0.2, 0) is 6.18 Å². The molecular weight excluding hydrogens is 337 g/mol. The summed E-state index contributed by atoms with van der Waals surface area (Å²) in [6, 6.07) is 16.6. The molecule has 1 N–H and O–H groups in total. The number of hydrazone groups is 1. The summed E-state index contributed by atoms with van der Waals surface area (Å²) >= 11 is 5.92. The van der Waals surface area contributed by atoms with Gasteiger partial charge in [-0.25, -0.2) is 0 Å². The van der Waals surface area contributed by atoms with E-state index in [0.717, 1.165) is 28.5 Å². The first-order valence-electron chi connectivity index (χ1n) is 7.09. The summed E-state index contributed by atoms with van der Waals surface area (Å²) in [7, 11) is 0. The van der Waals surface area contributed by atoms with Crippen LogP contribution in [0, 0.1) is 0 Å². The van der Waals surface area contributed by atoms with Gasteiger partial charge in [0.15, 0.2) is 0 Å². The molecular formula is C18H12ClF3N2. The standard InChI is InChI=1S/C18H12ClF3N2/c19-16-9-8-14(18(20,21)22)10-17(16)24-23-11-13-6-3-5-12-4-1-2-7-15(12)13/h1-11,24H/b23-11+. The van der Waals surface area contributed by atoms with Crippen LogP contribution in [0.15, 0.2) is 65.8 Å². The van der Waals surface area contributed by atoms with Gasteiger partial charge in [-0.3, -0.25) is 5.43 Å². The number of hydrogen-bond donors (Lipinski definition) is 1. The summed E-state index contributed by atoms with van der Waals surface area (Å²) in [4.78, 5) is 0. The van der Waals surface area contributed by atoms with E-state index in [1.165, 1.54) is 6.07 Å². The number of benzene rings is 3. The fourth-order valence-corrected chi connectivity index (χ4v) is 2.48. The molecule has 6 heteroatoms. The highest BCUT2D eigenvalue weighted by Crippen LogP contribution is 2.33. The third kappa shape index (κ3) is 3.51. The summed E-state index contributed by atoms with van der Waals surface area (Å²) in [5.74, 6) is 0. The Bertz CT molecular complexity index is 899. The average molecular weight is 349 g/mol. The van der Waals surface area contributed by atoms with Crippen molar-refractivity contribution in [2.45, 2.75) is 6.18 Å². The van der Waals surface area contributed by atoms with Crippen LogP contribution in [0.5, 0.6) is 0 Å². The van der Waals surface area contributed by atoms with E-state index < -0.39 is 11.7 Å². The van der Waals surface area contributed by atoms with E-state index in [4.69, 9.17) is 11.6 Å². The van der Waals surface area contributed by atoms with Crippen molar-refractivity contribution in [3.05, 3.63) is 76.8 Å². The van der Waals surface area contributed by atoms with Crippen molar-refractivity contribution < 1.29 is 13.2 Å². The average Bonchev–Trinajstić information content (AvgIpc) is 2.55. The van der Waals surface area contributed by atoms with Crippen molar-refractivity contribution in [3.63, 3.8) is 0 Å². The molecule has 0 heterocycles. The van der Waals surface area contributed by atoms with Gasteiger partial charge in [0.25, 0.3) is 0 Å². The summed E-state index contributed by atoms with van der Waals surface area (Å²) in [5, 5.41) is 6.24. The molecule has 0 aliphatic carbocycles. The molecule has 0 unspecified atom stereocenters. The lowest BCUT2D eigenvalue weighted by atomic mass is 10.1. The smallest absolute Gasteiger partial charge is 0.277 e. The van der Waals surface area contributed by atoms with Crippen LogP contribution in [-0.4, -0.2) is 6.21 Å². The Hall–Kier alpha value is -2.53. The van der Waals surface area contributed by atoms with Gasteiger partial charge in [-0.2, -0.15) is 18.3 Å². The molecule has 3 rings (SSSR count). The lowest BCUT2D eigenvalue weighted by molar-refractivity contribution is -0.137. The summed E-state index contributed by atoms with van der Waals surface area (Å²) < 4.78 is 38.3. The number of alkyl halides is 3. The largest absolute Gasteiger partial charge is 0.416 e. The number of halogens is 4. The minimum atomic E-state index is -4.43. The minimum Gasteiger partial charge on any atom is -0.277 e. The van der Waals surface area contributed by atoms with Gasteiger partial charge in [-0.1, -0.05) is 54.1 Å². The molecule has 0 fully saturated rings. The molecule has 122 valence electrons. The Morgan fingerprint density at radius 3 is 2.50 bits per heavy atom. The molecule has 0 atom stereocenters. The van der Waals surface area contributed by atoms with E-state index >= 15 is 0 Å². The summed E-state index contributed by atoms with van der Waals surface area (Å²) in [5.41, 5.74) is 2.74. The lowest BCUT2D eigenvalue weighted by Gasteiger charge is -2.10. The van der Waals surface area contributed by atoms with Crippen LogP contribution in [0.1, 0.15) is 11.1 Å². The Morgan fingerprint density at radius 1 is 0.958 bits per heavy atom. The van der Waals surface area contributed by atoms with Crippen molar-refractivity contribution in [1.29, 1.82) is 0 Å². The molecule has 0 saturated carbocycles. The van der Waals surface area contributed by atoms with Crippen molar-refractivity contribution in [2.24, 2.45) is 5.10 Å². The molecule has 0 aromatic heterocycles. The second-order valence-electron chi connectivity index (χ2n) is 5.13. The highest BCUT2D eigenvalue weighted by Gasteiger charge is 2.30. The van der Waals surface area contributed by atoms with Crippen LogP contribution >= 0.6 is 11.6 Å². The first-order valence-corrected chi connectivity index (χ1v) is 7.46. The monoisotopic (exact) mass is 348 g/mol. The molecule has 0 saturated heterocycles. The second-order valence-corrected chi connectivity index (χ2v) is 5.54. The summed E-state index contributed by atoms with van der Waals surface area (Å²) in [6.45, 7) is 0. The van der Waals surface area contributed by atoms with E-state index in [-0.39, 0.29) is 10.7 Å². The van der Waals surface area contributed by atoms with Gasteiger partial charge in [-0.15, -0.1) is 0 Å². The van der Waals surface area contributed by atoms with Crippen LogP contribution in [0.25, 0.3) is 10.8 Å². The van der Waals surface area contributed by atoms with Crippen LogP contribution in [0.4, 0.5) is 18.9 Å². The van der Waals surface area contributed by atoms with Crippen molar-refractivity contribution in [2.75, 3.05) is 5.43 Å². The topological polar surface area (TPSA) is 24.4 Å². The maximum absolute atomic E-state index is 12.8. The lowest BCUT2D eigenvalue weighted by Crippen LogP contribution is -2.05. The zero-order valence-corrected chi connectivity index (χ0v) is 13.1. The quantitative estimate of drug-likeness (QED) is 0.458. The Kier molecular flexibility index (Phi) is 4.44. The maximum Gasteiger partial charge on any atom is 0.416 e. The van der Waals surface area contributed by atoms with E-state index in [9.17, 15) is 13.2 Å². The van der Waals surface area contributed by atoms with Crippen LogP contribution in [0.2, 0.25) is 5.02 Å². The van der Waals surface area contributed by atoms with Crippen LogP contribution in [0.3, 0.4) is 0 Å². The molecule has 3 aromatic carbocycles. The summed E-state index contributed by atoms with van der Waals surface area (Å²) in [6.07, 6.45) is -2.88. The SMILES string of the molecule is FC(F)(F)c1ccc(Cl)c(N/N=C/c2cccc3ccccc23)c1. The second kappa shape index (κ2) is 6.53.